The Labute approximate surface area is 257 Å². The van der Waals surface area contributed by atoms with Gasteiger partial charge >= 0.3 is 6.09 Å². The van der Waals surface area contributed by atoms with E-state index >= 15 is 0 Å². The molecule has 0 radical (unpaired) electrons. The van der Waals surface area contributed by atoms with E-state index in [0.29, 0.717) is 145 Å². The topological polar surface area (TPSA) is 140 Å². The van der Waals surface area contributed by atoms with Crippen LogP contribution in [0.3, 0.4) is 0 Å². The summed E-state index contributed by atoms with van der Waals surface area (Å²) in [5.74, 6) is 0. The van der Waals surface area contributed by atoms with E-state index in [0.717, 1.165) is 0 Å². The first-order valence-corrected chi connectivity index (χ1v) is 14.9. The highest BCUT2D eigenvalue weighted by atomic mass is 16.6. The third-order valence-electron chi connectivity index (χ3n) is 4.73. The predicted molar refractivity (Wildman–Crippen MR) is 159 cm³/mol. The molecule has 0 aliphatic heterocycles. The van der Waals surface area contributed by atoms with Gasteiger partial charge in [-0.25, -0.2) is 4.79 Å². The number of amides is 1. The van der Waals surface area contributed by atoms with Crippen molar-refractivity contribution in [3.8, 4) is 0 Å². The van der Waals surface area contributed by atoms with Crippen molar-refractivity contribution in [2.45, 2.75) is 26.4 Å². The first-order chi connectivity index (χ1) is 21.0. The standard InChI is InChI=1S/C29H57NO13/c1-5-32-8-9-34-12-13-36-16-17-38-20-21-40-24-25-42-27-26-41-23-22-39-19-18-37-15-14-35-11-10-33-7-6-30-28(31)43-29(2,3)4/h5H,1,6-27H2,2-4H3,(H,30,31). The minimum atomic E-state index is -0.510. The first kappa shape index (κ1) is 41.4. The number of carbonyl (C=O) groups excluding carboxylic acids is 1. The van der Waals surface area contributed by atoms with Crippen molar-refractivity contribution in [3.63, 3.8) is 0 Å². The van der Waals surface area contributed by atoms with E-state index in [2.05, 4.69) is 11.9 Å². The molecule has 0 saturated carbocycles. The molecular formula is C29H57NO13. The van der Waals surface area contributed by atoms with Crippen LogP contribution in [0.5, 0.6) is 0 Å². The van der Waals surface area contributed by atoms with Gasteiger partial charge in [0.05, 0.1) is 138 Å². The third-order valence-corrected chi connectivity index (χ3v) is 4.73. The van der Waals surface area contributed by atoms with Crippen molar-refractivity contribution in [1.29, 1.82) is 0 Å². The van der Waals surface area contributed by atoms with Crippen LogP contribution in [0.2, 0.25) is 0 Å². The zero-order chi connectivity index (χ0) is 31.5. The molecular weight excluding hydrogens is 570 g/mol. The van der Waals surface area contributed by atoms with Gasteiger partial charge in [0.2, 0.25) is 0 Å². The van der Waals surface area contributed by atoms with Crippen molar-refractivity contribution in [2.75, 3.05) is 145 Å². The molecule has 0 bridgehead atoms. The second kappa shape index (κ2) is 33.3. The summed E-state index contributed by atoms with van der Waals surface area (Å²) in [5.41, 5.74) is -0.510. The molecule has 0 fully saturated rings. The van der Waals surface area contributed by atoms with Gasteiger partial charge < -0.3 is 62.2 Å². The minimum Gasteiger partial charge on any atom is -0.499 e. The zero-order valence-electron chi connectivity index (χ0n) is 26.6. The first-order valence-electron chi connectivity index (χ1n) is 14.9. The van der Waals surface area contributed by atoms with E-state index in [4.69, 9.17) is 56.8 Å². The van der Waals surface area contributed by atoms with Crippen LogP contribution in [0.1, 0.15) is 20.8 Å². The molecule has 0 aromatic heterocycles. The fourth-order valence-electron chi connectivity index (χ4n) is 2.81. The highest BCUT2D eigenvalue weighted by Crippen LogP contribution is 2.06. The normalized spacial score (nSPS) is 11.5. The Hall–Kier alpha value is -1.59. The number of ether oxygens (including phenoxy) is 12. The Morgan fingerprint density at radius 2 is 0.744 bits per heavy atom. The summed E-state index contributed by atoms with van der Waals surface area (Å²) in [6.07, 6.45) is 0.940. The van der Waals surface area contributed by atoms with Crippen LogP contribution in [-0.2, 0) is 56.8 Å². The molecule has 14 nitrogen and oxygen atoms in total. The Kier molecular flexibility index (Phi) is 32.1. The molecule has 0 unspecified atom stereocenters. The molecule has 0 saturated heterocycles. The molecule has 0 heterocycles. The van der Waals surface area contributed by atoms with Crippen LogP contribution in [0.15, 0.2) is 12.8 Å². The average Bonchev–Trinajstić information content (AvgIpc) is 2.96. The Bertz CT molecular complexity index is 593. The Morgan fingerprint density at radius 1 is 0.488 bits per heavy atom. The highest BCUT2D eigenvalue weighted by molar-refractivity contribution is 5.67. The molecule has 1 N–H and O–H groups in total. The number of hydrogen-bond donors (Lipinski definition) is 1. The van der Waals surface area contributed by atoms with E-state index in [-0.39, 0.29) is 0 Å². The van der Waals surface area contributed by atoms with E-state index in [9.17, 15) is 4.79 Å². The second-order valence-corrected chi connectivity index (χ2v) is 9.59. The van der Waals surface area contributed by atoms with Crippen LogP contribution in [0, 0.1) is 0 Å². The fourth-order valence-corrected chi connectivity index (χ4v) is 2.81. The summed E-state index contributed by atoms with van der Waals surface area (Å²) < 4.78 is 64.3. The van der Waals surface area contributed by atoms with Crippen molar-refractivity contribution >= 4 is 6.09 Å². The second-order valence-electron chi connectivity index (χ2n) is 9.59. The zero-order valence-corrected chi connectivity index (χ0v) is 26.6. The molecule has 14 heteroatoms. The Morgan fingerprint density at radius 3 is 1.00 bits per heavy atom. The van der Waals surface area contributed by atoms with Gasteiger partial charge in [-0.05, 0) is 20.8 Å². The van der Waals surface area contributed by atoms with E-state index < -0.39 is 11.7 Å². The van der Waals surface area contributed by atoms with Gasteiger partial charge in [0, 0.05) is 6.54 Å². The minimum absolute atomic E-state index is 0.383. The summed E-state index contributed by atoms with van der Waals surface area (Å²) in [5, 5.41) is 2.63. The van der Waals surface area contributed by atoms with Gasteiger partial charge in [0.15, 0.2) is 0 Å². The summed E-state index contributed by atoms with van der Waals surface area (Å²) in [7, 11) is 0. The number of alkyl carbamates (subject to hydrolysis) is 1. The van der Waals surface area contributed by atoms with Crippen molar-refractivity contribution in [1.82, 2.24) is 5.32 Å². The maximum atomic E-state index is 11.5. The van der Waals surface area contributed by atoms with Gasteiger partial charge in [0.25, 0.3) is 0 Å². The largest absolute Gasteiger partial charge is 0.499 e. The number of rotatable bonds is 34. The highest BCUT2D eigenvalue weighted by Gasteiger charge is 2.15. The smallest absolute Gasteiger partial charge is 0.407 e. The van der Waals surface area contributed by atoms with Crippen LogP contribution in [0.4, 0.5) is 4.79 Å². The van der Waals surface area contributed by atoms with Crippen LogP contribution >= 0.6 is 0 Å². The van der Waals surface area contributed by atoms with E-state index in [1.807, 2.05) is 20.8 Å². The molecule has 0 aromatic carbocycles. The van der Waals surface area contributed by atoms with Crippen molar-refractivity contribution in [2.24, 2.45) is 0 Å². The predicted octanol–water partition coefficient (Wildman–Crippen LogP) is 1.84. The van der Waals surface area contributed by atoms with Crippen molar-refractivity contribution < 1.29 is 61.6 Å². The molecule has 1 amide bonds. The number of hydrogen-bond acceptors (Lipinski definition) is 13. The number of nitrogens with one attached hydrogen (secondary N) is 1. The molecule has 256 valence electrons. The maximum Gasteiger partial charge on any atom is 0.407 e. The quantitative estimate of drug-likeness (QED) is 0.0821. The van der Waals surface area contributed by atoms with E-state index in [1.54, 1.807) is 0 Å². The Balaban J connectivity index is 3.09. The van der Waals surface area contributed by atoms with E-state index in [1.165, 1.54) is 6.26 Å². The summed E-state index contributed by atoms with van der Waals surface area (Å²) in [4.78, 5) is 11.5. The summed E-state index contributed by atoms with van der Waals surface area (Å²) >= 11 is 0. The summed E-state index contributed by atoms with van der Waals surface area (Å²) in [6.45, 7) is 19.6. The van der Waals surface area contributed by atoms with Gasteiger partial charge in [-0.2, -0.15) is 0 Å². The molecule has 0 aromatic rings. The molecule has 0 aliphatic rings. The molecule has 43 heavy (non-hydrogen) atoms. The van der Waals surface area contributed by atoms with Crippen LogP contribution in [0.25, 0.3) is 0 Å². The molecule has 0 rings (SSSR count). The van der Waals surface area contributed by atoms with Gasteiger partial charge in [0.1, 0.15) is 12.2 Å². The molecule has 0 spiro atoms. The monoisotopic (exact) mass is 627 g/mol. The fraction of sp³-hybridized carbons (Fsp3) is 0.897. The average molecular weight is 628 g/mol. The van der Waals surface area contributed by atoms with Gasteiger partial charge in [-0.15, -0.1) is 0 Å². The molecule has 0 atom stereocenters. The third kappa shape index (κ3) is 38.4. The lowest BCUT2D eigenvalue weighted by Gasteiger charge is -2.19. The number of carbonyl (C=O) groups is 1. The van der Waals surface area contributed by atoms with Gasteiger partial charge in [-0.1, -0.05) is 6.58 Å². The SMILES string of the molecule is C=COCCOCCOCCOCCOCCOCCOCCOCCOCCOCCOCCNC(=O)OC(C)(C)C. The van der Waals surface area contributed by atoms with Gasteiger partial charge in [-0.3, -0.25) is 0 Å². The molecule has 0 aliphatic carbocycles. The van der Waals surface area contributed by atoms with Crippen LogP contribution in [-0.4, -0.2) is 157 Å². The lowest BCUT2D eigenvalue weighted by atomic mass is 10.2. The lowest BCUT2D eigenvalue weighted by Crippen LogP contribution is -2.34. The van der Waals surface area contributed by atoms with Crippen LogP contribution < -0.4 is 5.32 Å². The van der Waals surface area contributed by atoms with Crippen molar-refractivity contribution in [3.05, 3.63) is 12.8 Å². The summed E-state index contributed by atoms with van der Waals surface area (Å²) in [6, 6.07) is 0. The maximum absolute atomic E-state index is 11.5. The lowest BCUT2D eigenvalue weighted by molar-refractivity contribution is -0.0268.